The fourth-order valence-electron chi connectivity index (χ4n) is 4.22. The second kappa shape index (κ2) is 12.1. The number of ether oxygens (including phenoxy) is 1. The van der Waals surface area contributed by atoms with Gasteiger partial charge in [0.05, 0.1) is 29.4 Å². The van der Waals surface area contributed by atoms with Crippen LogP contribution in [0.25, 0.3) is 11.1 Å². The molecule has 0 aliphatic rings. The molecule has 3 aromatic rings. The van der Waals surface area contributed by atoms with Gasteiger partial charge in [-0.2, -0.15) is 0 Å². The van der Waals surface area contributed by atoms with Crippen LogP contribution >= 0.6 is 11.6 Å². The zero-order valence-corrected chi connectivity index (χ0v) is 22.1. The molecule has 37 heavy (non-hydrogen) atoms. The lowest BCUT2D eigenvalue weighted by molar-refractivity contribution is -0.00398. The average Bonchev–Trinajstić information content (AvgIpc) is 2.84. The first kappa shape index (κ1) is 28.7. The fourth-order valence-corrected chi connectivity index (χ4v) is 4.37. The molecule has 0 amide bonds. The van der Waals surface area contributed by atoms with Crippen LogP contribution < -0.4 is 5.32 Å². The topological polar surface area (TPSA) is 78.8 Å². The van der Waals surface area contributed by atoms with E-state index in [1.807, 2.05) is 51.1 Å². The molecule has 198 valence electrons. The molecular weight excluding hydrogens is 500 g/mol. The van der Waals surface area contributed by atoms with Crippen LogP contribution in [0.5, 0.6) is 0 Å². The molecular formula is C29H32ClF2NO4. The summed E-state index contributed by atoms with van der Waals surface area (Å²) in [5.74, 6) is -2.22. The molecule has 3 rings (SSSR count). The van der Waals surface area contributed by atoms with Crippen LogP contribution in [0.4, 0.5) is 8.78 Å². The number of halogens is 3. The van der Waals surface area contributed by atoms with Gasteiger partial charge in [-0.15, -0.1) is 0 Å². The predicted molar refractivity (Wildman–Crippen MR) is 141 cm³/mol. The SMILES string of the molecule is Cc1cc(-c2ccccc2[C@@H](C)OC[C@H](O)CNC(C)(C)Cc2cc(F)c(Cl)cc2F)ccc1C(=O)O. The van der Waals surface area contributed by atoms with Gasteiger partial charge in [0.2, 0.25) is 0 Å². The number of nitrogens with one attached hydrogen (secondary N) is 1. The summed E-state index contributed by atoms with van der Waals surface area (Å²) in [4.78, 5) is 11.4. The first-order valence-corrected chi connectivity index (χ1v) is 12.4. The molecule has 0 aliphatic carbocycles. The smallest absolute Gasteiger partial charge is 0.335 e. The van der Waals surface area contributed by atoms with E-state index in [-0.39, 0.29) is 41.8 Å². The Morgan fingerprint density at radius 2 is 1.81 bits per heavy atom. The van der Waals surface area contributed by atoms with Crippen LogP contribution in [0.15, 0.2) is 54.6 Å². The molecule has 0 aromatic heterocycles. The van der Waals surface area contributed by atoms with Gasteiger partial charge in [0.1, 0.15) is 11.6 Å². The summed E-state index contributed by atoms with van der Waals surface area (Å²) in [5, 5.41) is 22.8. The highest BCUT2D eigenvalue weighted by Crippen LogP contribution is 2.31. The third kappa shape index (κ3) is 7.58. The van der Waals surface area contributed by atoms with Crippen LogP contribution in [-0.2, 0) is 11.2 Å². The Bertz CT molecular complexity index is 1260. The monoisotopic (exact) mass is 531 g/mol. The molecule has 8 heteroatoms. The Labute approximate surface area is 221 Å². The minimum atomic E-state index is -0.967. The van der Waals surface area contributed by atoms with Crippen molar-refractivity contribution in [2.24, 2.45) is 0 Å². The van der Waals surface area contributed by atoms with Crippen LogP contribution in [0, 0.1) is 18.6 Å². The summed E-state index contributed by atoms with van der Waals surface area (Å²) in [6.45, 7) is 7.57. The van der Waals surface area contributed by atoms with Crippen molar-refractivity contribution in [3.05, 3.63) is 93.5 Å². The third-order valence-electron chi connectivity index (χ3n) is 6.24. The highest BCUT2D eigenvalue weighted by Gasteiger charge is 2.23. The molecule has 0 radical (unpaired) electrons. The molecule has 2 atom stereocenters. The summed E-state index contributed by atoms with van der Waals surface area (Å²) in [7, 11) is 0. The van der Waals surface area contributed by atoms with E-state index in [0.717, 1.165) is 28.8 Å². The molecule has 0 fully saturated rings. The van der Waals surface area contributed by atoms with E-state index in [0.29, 0.717) is 5.56 Å². The summed E-state index contributed by atoms with van der Waals surface area (Å²) >= 11 is 5.63. The number of carbonyl (C=O) groups is 1. The lowest BCUT2D eigenvalue weighted by atomic mass is 9.94. The predicted octanol–water partition coefficient (Wildman–Crippen LogP) is 6.34. The van der Waals surface area contributed by atoms with Crippen molar-refractivity contribution in [3.63, 3.8) is 0 Å². The number of hydrogen-bond donors (Lipinski definition) is 3. The zero-order valence-electron chi connectivity index (χ0n) is 21.3. The van der Waals surface area contributed by atoms with E-state index in [4.69, 9.17) is 16.3 Å². The normalized spacial score (nSPS) is 13.4. The molecule has 0 spiro atoms. The number of hydrogen-bond acceptors (Lipinski definition) is 4. The number of benzene rings is 3. The lowest BCUT2D eigenvalue weighted by Crippen LogP contribution is -2.46. The highest BCUT2D eigenvalue weighted by molar-refractivity contribution is 6.30. The first-order chi connectivity index (χ1) is 17.4. The van der Waals surface area contributed by atoms with E-state index in [2.05, 4.69) is 5.32 Å². The Hall–Kier alpha value is -2.84. The van der Waals surface area contributed by atoms with Crippen molar-refractivity contribution in [2.75, 3.05) is 13.2 Å². The van der Waals surface area contributed by atoms with Gasteiger partial charge < -0.3 is 20.3 Å². The van der Waals surface area contributed by atoms with Crippen LogP contribution in [0.3, 0.4) is 0 Å². The van der Waals surface area contributed by atoms with Gasteiger partial charge in [0.25, 0.3) is 0 Å². The summed E-state index contributed by atoms with van der Waals surface area (Å²) in [6, 6.07) is 15.0. The molecule has 0 unspecified atom stereocenters. The summed E-state index contributed by atoms with van der Waals surface area (Å²) in [6.07, 6.45) is -0.980. The second-order valence-corrected chi connectivity index (χ2v) is 10.3. The Morgan fingerprint density at radius 1 is 1.11 bits per heavy atom. The largest absolute Gasteiger partial charge is 0.478 e. The lowest BCUT2D eigenvalue weighted by Gasteiger charge is -2.28. The first-order valence-electron chi connectivity index (χ1n) is 12.0. The van der Waals surface area contributed by atoms with Gasteiger partial charge >= 0.3 is 5.97 Å². The summed E-state index contributed by atoms with van der Waals surface area (Å²) in [5.41, 5.74) is 3.20. The van der Waals surface area contributed by atoms with Gasteiger partial charge in [-0.1, -0.05) is 48.0 Å². The minimum absolute atomic E-state index is 0.0551. The number of aliphatic hydroxyl groups excluding tert-OH is 1. The molecule has 0 saturated carbocycles. The van der Waals surface area contributed by atoms with Crippen molar-refractivity contribution in [3.8, 4) is 11.1 Å². The van der Waals surface area contributed by atoms with Crippen molar-refractivity contribution in [1.82, 2.24) is 5.32 Å². The Morgan fingerprint density at radius 3 is 2.49 bits per heavy atom. The van der Waals surface area contributed by atoms with E-state index in [1.54, 1.807) is 19.1 Å². The van der Waals surface area contributed by atoms with Crippen molar-refractivity contribution < 1.29 is 28.5 Å². The maximum absolute atomic E-state index is 14.2. The molecule has 0 aliphatic heterocycles. The second-order valence-electron chi connectivity index (χ2n) is 9.85. The number of β-amino-alcohol motifs (C(OH)–C–C–N with tert-alkyl or cyclic N) is 1. The Kier molecular flexibility index (Phi) is 9.42. The van der Waals surface area contributed by atoms with Gasteiger partial charge in [0.15, 0.2) is 0 Å². The fraction of sp³-hybridized carbons (Fsp3) is 0.345. The van der Waals surface area contributed by atoms with Gasteiger partial charge in [-0.3, -0.25) is 0 Å². The van der Waals surface area contributed by atoms with Crippen molar-refractivity contribution >= 4 is 17.6 Å². The molecule has 3 aromatic carbocycles. The number of carboxylic acid groups (broad SMARTS) is 1. The van der Waals surface area contributed by atoms with Crippen molar-refractivity contribution in [2.45, 2.75) is 51.9 Å². The van der Waals surface area contributed by atoms with Crippen molar-refractivity contribution in [1.29, 1.82) is 0 Å². The standard InChI is InChI=1S/C29H32ClF2NO4/c1-17-11-19(9-10-22(17)28(35)36)24-8-6-5-7-23(24)18(2)37-16-21(34)15-33-29(3,4)14-20-12-27(32)25(30)13-26(20)31/h5-13,18,21,33-34H,14-16H2,1-4H3,(H,35,36)/t18-,21-/m1/s1. The molecule has 5 nitrogen and oxygen atoms in total. The van der Waals surface area contributed by atoms with E-state index in [1.165, 1.54) is 0 Å². The van der Waals surface area contributed by atoms with E-state index >= 15 is 0 Å². The molecule has 0 saturated heterocycles. The third-order valence-corrected chi connectivity index (χ3v) is 6.53. The minimum Gasteiger partial charge on any atom is -0.478 e. The summed E-state index contributed by atoms with van der Waals surface area (Å²) < 4.78 is 33.9. The average molecular weight is 532 g/mol. The number of aryl methyl sites for hydroxylation is 1. The number of carboxylic acids is 1. The molecule has 0 heterocycles. The quantitative estimate of drug-likeness (QED) is 0.252. The maximum Gasteiger partial charge on any atom is 0.335 e. The zero-order chi connectivity index (χ0) is 27.3. The van der Waals surface area contributed by atoms with Crippen LogP contribution in [0.1, 0.15) is 53.9 Å². The molecule has 0 bridgehead atoms. The Balaban J connectivity index is 1.60. The van der Waals surface area contributed by atoms with Gasteiger partial charge in [-0.25, -0.2) is 13.6 Å². The highest BCUT2D eigenvalue weighted by atomic mass is 35.5. The maximum atomic E-state index is 14.2. The number of aliphatic hydroxyl groups is 1. The molecule has 3 N–H and O–H groups in total. The number of aromatic carboxylic acids is 1. The van der Waals surface area contributed by atoms with Crippen LogP contribution in [-0.4, -0.2) is 41.0 Å². The van der Waals surface area contributed by atoms with Gasteiger partial charge in [0, 0.05) is 12.1 Å². The van der Waals surface area contributed by atoms with E-state index < -0.39 is 29.2 Å². The van der Waals surface area contributed by atoms with E-state index in [9.17, 15) is 23.8 Å². The number of rotatable bonds is 11. The van der Waals surface area contributed by atoms with Crippen LogP contribution in [0.2, 0.25) is 5.02 Å². The van der Waals surface area contributed by atoms with Gasteiger partial charge in [-0.05, 0) is 80.1 Å².